The summed E-state index contributed by atoms with van der Waals surface area (Å²) in [4.78, 5) is 21.0. The zero-order chi connectivity index (χ0) is 17.9. The number of amides is 1. The van der Waals surface area contributed by atoms with Gasteiger partial charge in [0.15, 0.2) is 5.96 Å². The summed E-state index contributed by atoms with van der Waals surface area (Å²) in [5.41, 5.74) is 1.41. The van der Waals surface area contributed by atoms with Crippen molar-refractivity contribution in [3.8, 4) is 0 Å². The summed E-state index contributed by atoms with van der Waals surface area (Å²) in [6, 6.07) is 11.6. The van der Waals surface area contributed by atoms with Crippen LogP contribution in [0.3, 0.4) is 0 Å². The fraction of sp³-hybridized carbons (Fsp3) is 0.600. The topological polar surface area (TPSA) is 60.0 Å². The van der Waals surface area contributed by atoms with Gasteiger partial charge >= 0.3 is 0 Å². The predicted molar refractivity (Wildman–Crippen MR) is 119 cm³/mol. The molecule has 2 saturated carbocycles. The number of hydrogen-bond donors (Lipinski definition) is 2. The molecule has 4 rings (SSSR count). The molecule has 2 N–H and O–H groups in total. The molecular weight excluding hydrogens is 453 g/mol. The minimum absolute atomic E-state index is 0. The summed E-state index contributed by atoms with van der Waals surface area (Å²) in [6.07, 6.45) is 3.46. The summed E-state index contributed by atoms with van der Waals surface area (Å²) >= 11 is 0. The van der Waals surface area contributed by atoms with Gasteiger partial charge in [-0.05, 0) is 24.8 Å². The Morgan fingerprint density at radius 1 is 1.11 bits per heavy atom. The number of carbonyl (C=O) groups is 1. The number of piperazine rings is 1. The van der Waals surface area contributed by atoms with E-state index in [2.05, 4.69) is 55.8 Å². The Bertz CT molecular complexity index is 656. The maximum Gasteiger partial charge on any atom is 0.234 e. The second-order valence-electron chi connectivity index (χ2n) is 7.66. The largest absolute Gasteiger partial charge is 0.353 e. The lowest BCUT2D eigenvalue weighted by molar-refractivity contribution is -0.122. The fourth-order valence-electron chi connectivity index (χ4n) is 3.71. The molecule has 3 aliphatic rings. The lowest BCUT2D eigenvalue weighted by Crippen LogP contribution is -2.54. The predicted octanol–water partition coefficient (Wildman–Crippen LogP) is 1.63. The van der Waals surface area contributed by atoms with Crippen molar-refractivity contribution in [2.75, 3.05) is 39.8 Å². The number of benzene rings is 1. The van der Waals surface area contributed by atoms with Gasteiger partial charge in [0.25, 0.3) is 0 Å². The molecule has 1 aromatic rings. The molecule has 0 radical (unpaired) electrons. The molecule has 1 saturated heterocycles. The molecule has 3 fully saturated rings. The first-order chi connectivity index (χ1) is 12.7. The van der Waals surface area contributed by atoms with Crippen LogP contribution in [0.25, 0.3) is 0 Å². The van der Waals surface area contributed by atoms with Crippen LogP contribution in [0.2, 0.25) is 0 Å². The number of guanidine groups is 1. The van der Waals surface area contributed by atoms with Gasteiger partial charge in [0, 0.05) is 51.2 Å². The number of nitrogens with one attached hydrogen (secondary N) is 2. The van der Waals surface area contributed by atoms with Crippen LogP contribution in [0.15, 0.2) is 35.3 Å². The average Bonchev–Trinajstić information content (AvgIpc) is 3.58. The molecule has 2 aliphatic carbocycles. The van der Waals surface area contributed by atoms with Gasteiger partial charge in [-0.1, -0.05) is 30.3 Å². The van der Waals surface area contributed by atoms with Crippen LogP contribution >= 0.6 is 24.0 Å². The van der Waals surface area contributed by atoms with Crippen LogP contribution in [0, 0.1) is 0 Å². The van der Waals surface area contributed by atoms with Crippen LogP contribution < -0.4 is 10.6 Å². The SMILES string of the molecule is CN=C(NC1CC1c1ccccc1)N1CCN(CC(=O)NC2CC2)CC1.I. The van der Waals surface area contributed by atoms with E-state index in [0.29, 0.717) is 24.5 Å². The molecule has 2 unspecified atom stereocenters. The highest BCUT2D eigenvalue weighted by Crippen LogP contribution is 2.40. The van der Waals surface area contributed by atoms with Crippen LogP contribution in [0.4, 0.5) is 0 Å². The zero-order valence-electron chi connectivity index (χ0n) is 15.9. The van der Waals surface area contributed by atoms with Gasteiger partial charge < -0.3 is 15.5 Å². The Morgan fingerprint density at radius 2 is 1.81 bits per heavy atom. The quantitative estimate of drug-likeness (QED) is 0.380. The van der Waals surface area contributed by atoms with Gasteiger partial charge in [-0.25, -0.2) is 0 Å². The van der Waals surface area contributed by atoms with E-state index in [9.17, 15) is 4.79 Å². The fourth-order valence-corrected chi connectivity index (χ4v) is 3.71. The van der Waals surface area contributed by atoms with E-state index in [1.165, 1.54) is 12.0 Å². The first-order valence-electron chi connectivity index (χ1n) is 9.78. The third kappa shape index (κ3) is 5.57. The van der Waals surface area contributed by atoms with E-state index in [1.807, 2.05) is 7.05 Å². The minimum Gasteiger partial charge on any atom is -0.353 e. The molecule has 1 heterocycles. The van der Waals surface area contributed by atoms with E-state index >= 15 is 0 Å². The highest BCUT2D eigenvalue weighted by molar-refractivity contribution is 14.0. The zero-order valence-corrected chi connectivity index (χ0v) is 18.3. The molecule has 1 amide bonds. The maximum atomic E-state index is 12.0. The van der Waals surface area contributed by atoms with Crippen LogP contribution in [0.5, 0.6) is 0 Å². The molecule has 0 bridgehead atoms. The molecule has 0 aromatic heterocycles. The van der Waals surface area contributed by atoms with Gasteiger partial charge in [0.2, 0.25) is 5.91 Å². The van der Waals surface area contributed by atoms with Crippen molar-refractivity contribution in [2.24, 2.45) is 4.99 Å². The van der Waals surface area contributed by atoms with Crippen molar-refractivity contribution in [1.29, 1.82) is 0 Å². The van der Waals surface area contributed by atoms with Crippen LogP contribution in [-0.4, -0.2) is 73.5 Å². The van der Waals surface area contributed by atoms with Gasteiger partial charge in [0.05, 0.1) is 6.54 Å². The number of rotatable bonds is 5. The molecule has 1 aromatic carbocycles. The van der Waals surface area contributed by atoms with E-state index in [0.717, 1.165) is 45.0 Å². The van der Waals surface area contributed by atoms with Crippen molar-refractivity contribution in [2.45, 2.75) is 37.3 Å². The summed E-state index contributed by atoms with van der Waals surface area (Å²) in [5, 5.41) is 6.70. The van der Waals surface area contributed by atoms with Crippen molar-refractivity contribution >= 4 is 35.8 Å². The van der Waals surface area contributed by atoms with Crippen LogP contribution in [0.1, 0.15) is 30.7 Å². The maximum absolute atomic E-state index is 12.0. The molecule has 0 spiro atoms. The summed E-state index contributed by atoms with van der Waals surface area (Å²) < 4.78 is 0. The molecule has 6 nitrogen and oxygen atoms in total. The standard InChI is InChI=1S/C20H29N5O.HI/c1-21-20(23-18-13-17(18)15-5-3-2-4-6-15)25-11-9-24(10-12-25)14-19(26)22-16-7-8-16;/h2-6,16-18H,7-14H2,1H3,(H,21,23)(H,22,26);1H. The molecular formula is C20H30IN5O. The third-order valence-corrected chi connectivity index (χ3v) is 5.53. The van der Waals surface area contributed by atoms with Gasteiger partial charge in [-0.3, -0.25) is 14.7 Å². The number of carbonyl (C=O) groups excluding carboxylic acids is 1. The third-order valence-electron chi connectivity index (χ3n) is 5.53. The minimum atomic E-state index is 0. The normalized spacial score (nSPS) is 25.5. The van der Waals surface area contributed by atoms with E-state index in [-0.39, 0.29) is 29.9 Å². The van der Waals surface area contributed by atoms with E-state index in [1.54, 1.807) is 0 Å². The highest BCUT2D eigenvalue weighted by Gasteiger charge is 2.39. The molecule has 1 aliphatic heterocycles. The Hall–Kier alpha value is -1.35. The number of halogens is 1. The molecule has 27 heavy (non-hydrogen) atoms. The summed E-state index contributed by atoms with van der Waals surface area (Å²) in [7, 11) is 1.86. The van der Waals surface area contributed by atoms with Crippen molar-refractivity contribution < 1.29 is 4.79 Å². The highest BCUT2D eigenvalue weighted by atomic mass is 127. The first kappa shape index (κ1) is 20.4. The Morgan fingerprint density at radius 3 is 2.44 bits per heavy atom. The molecule has 2 atom stereocenters. The van der Waals surface area contributed by atoms with E-state index < -0.39 is 0 Å². The Kier molecular flexibility index (Phi) is 6.97. The smallest absolute Gasteiger partial charge is 0.234 e. The summed E-state index contributed by atoms with van der Waals surface area (Å²) in [5.74, 6) is 1.77. The number of aliphatic imine (C=N–C) groups is 1. The van der Waals surface area contributed by atoms with Crippen molar-refractivity contribution in [3.63, 3.8) is 0 Å². The molecule has 148 valence electrons. The number of nitrogens with zero attached hydrogens (tertiary/aromatic N) is 3. The lowest BCUT2D eigenvalue weighted by atomic mass is 10.1. The number of hydrogen-bond acceptors (Lipinski definition) is 3. The lowest BCUT2D eigenvalue weighted by Gasteiger charge is -2.36. The van der Waals surface area contributed by atoms with Crippen LogP contribution in [-0.2, 0) is 4.79 Å². The summed E-state index contributed by atoms with van der Waals surface area (Å²) in [6.45, 7) is 4.17. The van der Waals surface area contributed by atoms with Gasteiger partial charge in [-0.2, -0.15) is 0 Å². The van der Waals surface area contributed by atoms with Crippen molar-refractivity contribution in [1.82, 2.24) is 20.4 Å². The molecule has 7 heteroatoms. The van der Waals surface area contributed by atoms with E-state index in [4.69, 9.17) is 0 Å². The van der Waals surface area contributed by atoms with Gasteiger partial charge in [0.1, 0.15) is 0 Å². The second kappa shape index (κ2) is 9.23. The second-order valence-corrected chi connectivity index (χ2v) is 7.66. The van der Waals surface area contributed by atoms with Crippen molar-refractivity contribution in [3.05, 3.63) is 35.9 Å². The Labute approximate surface area is 178 Å². The Balaban J connectivity index is 0.00000210. The average molecular weight is 483 g/mol. The van der Waals surface area contributed by atoms with Gasteiger partial charge in [-0.15, -0.1) is 24.0 Å². The monoisotopic (exact) mass is 483 g/mol. The first-order valence-corrected chi connectivity index (χ1v) is 9.78.